The van der Waals surface area contributed by atoms with Gasteiger partial charge in [0.1, 0.15) is 0 Å². The van der Waals surface area contributed by atoms with Gasteiger partial charge in [-0.15, -0.1) is 0 Å². The van der Waals surface area contributed by atoms with Crippen molar-refractivity contribution in [3.8, 4) is 0 Å². The standard InChI is InChI=1S/C15H19N3O2S/c19-21(20,18-14-6-9-16-10-7-14)11-13-4-1-3-12-5-2-8-17-15(12)13/h1-5,8,14,16,18H,6-7,9-11H2. The fourth-order valence-electron chi connectivity index (χ4n) is 2.72. The quantitative estimate of drug-likeness (QED) is 0.896. The second kappa shape index (κ2) is 6.09. The third kappa shape index (κ3) is 3.58. The van der Waals surface area contributed by atoms with Crippen LogP contribution in [-0.2, 0) is 15.8 Å². The zero-order chi connectivity index (χ0) is 14.7. The number of benzene rings is 1. The molecule has 0 bridgehead atoms. The highest BCUT2D eigenvalue weighted by Gasteiger charge is 2.21. The summed E-state index contributed by atoms with van der Waals surface area (Å²) in [5.74, 6) is -0.0225. The van der Waals surface area contributed by atoms with Gasteiger partial charge in [0, 0.05) is 17.6 Å². The third-order valence-electron chi connectivity index (χ3n) is 3.75. The summed E-state index contributed by atoms with van der Waals surface area (Å²) in [4.78, 5) is 4.31. The lowest BCUT2D eigenvalue weighted by Crippen LogP contribution is -2.43. The predicted octanol–water partition coefficient (Wildman–Crippen LogP) is 1.41. The molecular weight excluding hydrogens is 286 g/mol. The predicted molar refractivity (Wildman–Crippen MR) is 83.4 cm³/mol. The maximum absolute atomic E-state index is 12.4. The van der Waals surface area contributed by atoms with Crippen molar-refractivity contribution < 1.29 is 8.42 Å². The van der Waals surface area contributed by atoms with E-state index in [9.17, 15) is 8.42 Å². The van der Waals surface area contributed by atoms with Gasteiger partial charge in [0.25, 0.3) is 0 Å². The van der Waals surface area contributed by atoms with Crippen molar-refractivity contribution in [3.05, 3.63) is 42.1 Å². The van der Waals surface area contributed by atoms with Crippen LogP contribution in [0.2, 0.25) is 0 Å². The Kier molecular flexibility index (Phi) is 4.19. The average molecular weight is 305 g/mol. The molecule has 2 aromatic rings. The van der Waals surface area contributed by atoms with Gasteiger partial charge in [-0.1, -0.05) is 24.3 Å². The minimum Gasteiger partial charge on any atom is -0.317 e. The first-order valence-corrected chi connectivity index (χ1v) is 8.83. The third-order valence-corrected chi connectivity index (χ3v) is 5.13. The van der Waals surface area contributed by atoms with Crippen LogP contribution in [-0.4, -0.2) is 32.5 Å². The Morgan fingerprint density at radius 3 is 2.76 bits per heavy atom. The Morgan fingerprint density at radius 1 is 1.19 bits per heavy atom. The van der Waals surface area contributed by atoms with Crippen LogP contribution in [0.25, 0.3) is 10.9 Å². The van der Waals surface area contributed by atoms with Crippen LogP contribution >= 0.6 is 0 Å². The lowest BCUT2D eigenvalue weighted by atomic mass is 10.1. The fraction of sp³-hybridized carbons (Fsp3) is 0.400. The van der Waals surface area contributed by atoms with Crippen molar-refractivity contribution in [2.24, 2.45) is 0 Å². The number of pyridine rings is 1. The van der Waals surface area contributed by atoms with Gasteiger partial charge in [-0.05, 0) is 37.6 Å². The smallest absolute Gasteiger partial charge is 0.216 e. The average Bonchev–Trinajstić information content (AvgIpc) is 2.48. The maximum Gasteiger partial charge on any atom is 0.216 e. The number of fused-ring (bicyclic) bond motifs is 1. The summed E-state index contributed by atoms with van der Waals surface area (Å²) in [5, 5.41) is 4.19. The number of sulfonamides is 1. The maximum atomic E-state index is 12.4. The van der Waals surface area contributed by atoms with Gasteiger partial charge in [-0.25, -0.2) is 13.1 Å². The van der Waals surface area contributed by atoms with E-state index in [1.54, 1.807) is 6.20 Å². The lowest BCUT2D eigenvalue weighted by molar-refractivity contribution is 0.427. The summed E-state index contributed by atoms with van der Waals surface area (Å²) in [6.07, 6.45) is 3.37. The van der Waals surface area contributed by atoms with Crippen molar-refractivity contribution in [1.29, 1.82) is 0 Å². The molecule has 0 aliphatic carbocycles. The van der Waals surface area contributed by atoms with Crippen molar-refractivity contribution in [2.75, 3.05) is 13.1 Å². The summed E-state index contributed by atoms with van der Waals surface area (Å²) < 4.78 is 27.5. The highest BCUT2D eigenvalue weighted by atomic mass is 32.2. The first-order chi connectivity index (χ1) is 10.1. The summed E-state index contributed by atoms with van der Waals surface area (Å²) in [6.45, 7) is 1.73. The Hall–Kier alpha value is -1.50. The molecule has 1 aromatic heterocycles. The molecule has 1 saturated heterocycles. The Labute approximate surface area is 124 Å². The molecule has 5 nitrogen and oxygen atoms in total. The van der Waals surface area contributed by atoms with Crippen LogP contribution < -0.4 is 10.0 Å². The van der Waals surface area contributed by atoms with E-state index < -0.39 is 10.0 Å². The van der Waals surface area contributed by atoms with Gasteiger partial charge in [0.2, 0.25) is 10.0 Å². The number of hydrogen-bond donors (Lipinski definition) is 2. The fourth-order valence-corrected chi connectivity index (χ4v) is 4.19. The normalized spacial score (nSPS) is 17.1. The second-order valence-corrected chi connectivity index (χ2v) is 7.15. The molecule has 21 heavy (non-hydrogen) atoms. The first kappa shape index (κ1) is 14.4. The van der Waals surface area contributed by atoms with E-state index in [4.69, 9.17) is 0 Å². The van der Waals surface area contributed by atoms with Crippen molar-refractivity contribution in [2.45, 2.75) is 24.6 Å². The van der Waals surface area contributed by atoms with Gasteiger partial charge < -0.3 is 5.32 Å². The minimum atomic E-state index is -3.34. The molecule has 1 fully saturated rings. The van der Waals surface area contributed by atoms with E-state index in [0.717, 1.165) is 42.4 Å². The number of nitrogens with one attached hydrogen (secondary N) is 2. The number of rotatable bonds is 4. The van der Waals surface area contributed by atoms with E-state index >= 15 is 0 Å². The molecule has 1 aliphatic heterocycles. The highest BCUT2D eigenvalue weighted by Crippen LogP contribution is 2.18. The highest BCUT2D eigenvalue weighted by molar-refractivity contribution is 7.88. The molecule has 0 unspecified atom stereocenters. The van der Waals surface area contributed by atoms with Crippen molar-refractivity contribution in [1.82, 2.24) is 15.0 Å². The zero-order valence-corrected chi connectivity index (χ0v) is 12.6. The Bertz CT molecular complexity index is 719. The monoisotopic (exact) mass is 305 g/mol. The van der Waals surface area contributed by atoms with Crippen LogP contribution in [0, 0.1) is 0 Å². The summed E-state index contributed by atoms with van der Waals surface area (Å²) in [6, 6.07) is 9.49. The topological polar surface area (TPSA) is 71.1 Å². The molecule has 0 spiro atoms. The second-order valence-electron chi connectivity index (χ2n) is 5.39. The Morgan fingerprint density at radius 2 is 1.95 bits per heavy atom. The summed E-state index contributed by atoms with van der Waals surface area (Å²) in [5.41, 5.74) is 1.50. The number of aromatic nitrogens is 1. The van der Waals surface area contributed by atoms with Crippen LogP contribution in [0.5, 0.6) is 0 Å². The number of piperidine rings is 1. The van der Waals surface area contributed by atoms with Gasteiger partial charge in [-0.2, -0.15) is 0 Å². The molecule has 112 valence electrons. The van der Waals surface area contributed by atoms with Gasteiger partial charge in [0.15, 0.2) is 0 Å². The summed E-state index contributed by atoms with van der Waals surface area (Å²) in [7, 11) is -3.34. The van der Waals surface area contributed by atoms with Crippen LogP contribution in [0.4, 0.5) is 0 Å². The van der Waals surface area contributed by atoms with E-state index in [-0.39, 0.29) is 11.8 Å². The molecule has 0 radical (unpaired) electrons. The van der Waals surface area contributed by atoms with Crippen LogP contribution in [0.15, 0.2) is 36.5 Å². The van der Waals surface area contributed by atoms with Gasteiger partial charge in [-0.3, -0.25) is 4.98 Å². The van der Waals surface area contributed by atoms with E-state index in [0.29, 0.717) is 0 Å². The first-order valence-electron chi connectivity index (χ1n) is 7.17. The SMILES string of the molecule is O=S(=O)(Cc1cccc2cccnc12)NC1CCNCC1. The molecule has 2 N–H and O–H groups in total. The number of para-hydroxylation sites is 1. The molecule has 2 heterocycles. The lowest BCUT2D eigenvalue weighted by Gasteiger charge is -2.23. The van der Waals surface area contributed by atoms with E-state index in [2.05, 4.69) is 15.0 Å². The number of hydrogen-bond acceptors (Lipinski definition) is 4. The zero-order valence-electron chi connectivity index (χ0n) is 11.7. The molecule has 0 amide bonds. The van der Waals surface area contributed by atoms with Crippen LogP contribution in [0.1, 0.15) is 18.4 Å². The molecule has 1 aromatic carbocycles. The Balaban J connectivity index is 1.80. The summed E-state index contributed by atoms with van der Waals surface area (Å²) >= 11 is 0. The molecule has 0 saturated carbocycles. The molecular formula is C15H19N3O2S. The molecule has 0 atom stereocenters. The van der Waals surface area contributed by atoms with Crippen molar-refractivity contribution >= 4 is 20.9 Å². The van der Waals surface area contributed by atoms with Crippen LogP contribution in [0.3, 0.4) is 0 Å². The van der Waals surface area contributed by atoms with E-state index in [1.165, 1.54) is 0 Å². The van der Waals surface area contributed by atoms with Crippen molar-refractivity contribution in [3.63, 3.8) is 0 Å². The molecule has 1 aliphatic rings. The molecule has 3 rings (SSSR count). The number of nitrogens with zero attached hydrogens (tertiary/aromatic N) is 1. The van der Waals surface area contributed by atoms with Gasteiger partial charge >= 0.3 is 0 Å². The largest absolute Gasteiger partial charge is 0.317 e. The van der Waals surface area contributed by atoms with E-state index in [1.807, 2.05) is 30.3 Å². The molecule has 6 heteroatoms. The van der Waals surface area contributed by atoms with Gasteiger partial charge in [0.05, 0.1) is 11.3 Å². The minimum absolute atomic E-state index is 0.0225.